The van der Waals surface area contributed by atoms with Gasteiger partial charge in [-0.3, -0.25) is 4.79 Å². The highest BCUT2D eigenvalue weighted by molar-refractivity contribution is 6.00. The van der Waals surface area contributed by atoms with Crippen LogP contribution < -0.4 is 14.9 Å². The van der Waals surface area contributed by atoms with Gasteiger partial charge in [-0.1, -0.05) is 31.5 Å². The molecule has 7 nitrogen and oxygen atoms in total. The van der Waals surface area contributed by atoms with Gasteiger partial charge in [-0.05, 0) is 30.7 Å². The third kappa shape index (κ3) is 5.57. The molecule has 2 aromatic carbocycles. The molecule has 0 aromatic heterocycles. The van der Waals surface area contributed by atoms with E-state index in [1.807, 2.05) is 0 Å². The summed E-state index contributed by atoms with van der Waals surface area (Å²) >= 11 is 0. The van der Waals surface area contributed by atoms with Gasteiger partial charge in [-0.15, -0.1) is 0 Å². The largest absolute Gasteiger partial charge is 0.493 e. The van der Waals surface area contributed by atoms with Crippen LogP contribution in [0, 0.1) is 0 Å². The highest BCUT2D eigenvalue weighted by Gasteiger charge is 2.12. The molecule has 0 spiro atoms. The van der Waals surface area contributed by atoms with Crippen LogP contribution in [0.25, 0.3) is 0 Å². The predicted octanol–water partition coefficient (Wildman–Crippen LogP) is 3.42. The van der Waals surface area contributed by atoms with E-state index in [4.69, 9.17) is 14.2 Å². The maximum absolute atomic E-state index is 12.3. The molecule has 148 valence electrons. The summed E-state index contributed by atoms with van der Waals surface area (Å²) in [7, 11) is 2.83. The monoisotopic (exact) mass is 384 g/mol. The minimum absolute atomic E-state index is 0.359. The standard InChI is InChI=1S/C21H24N2O5/c1-4-5-12-28-18-11-10-15(13-19(18)26-2)20(24)23-22-14-16-8-6-7-9-17(16)21(25)27-3/h6-11,13-14H,4-5,12H2,1-3H3,(H,23,24)/b22-14-. The molecule has 0 aliphatic rings. The van der Waals surface area contributed by atoms with Crippen molar-refractivity contribution in [3.05, 3.63) is 59.2 Å². The van der Waals surface area contributed by atoms with Crippen LogP contribution in [0.1, 0.15) is 46.0 Å². The second-order valence-corrected chi connectivity index (χ2v) is 5.85. The van der Waals surface area contributed by atoms with Gasteiger partial charge in [0.15, 0.2) is 11.5 Å². The van der Waals surface area contributed by atoms with Gasteiger partial charge in [0.1, 0.15) is 0 Å². The lowest BCUT2D eigenvalue weighted by atomic mass is 10.1. The Balaban J connectivity index is 2.07. The van der Waals surface area contributed by atoms with Crippen LogP contribution in [-0.2, 0) is 4.74 Å². The third-order valence-electron chi connectivity index (χ3n) is 3.92. The van der Waals surface area contributed by atoms with Gasteiger partial charge in [-0.25, -0.2) is 10.2 Å². The van der Waals surface area contributed by atoms with Crippen molar-refractivity contribution < 1.29 is 23.8 Å². The molecule has 0 unspecified atom stereocenters. The number of benzene rings is 2. The molecule has 0 radical (unpaired) electrons. The van der Waals surface area contributed by atoms with E-state index in [2.05, 4.69) is 17.5 Å². The Hall–Kier alpha value is -3.35. The van der Waals surface area contributed by atoms with Gasteiger partial charge < -0.3 is 14.2 Å². The summed E-state index contributed by atoms with van der Waals surface area (Å²) in [5.41, 5.74) is 3.70. The number of unbranched alkanes of at least 4 members (excludes halogenated alkanes) is 1. The number of nitrogens with one attached hydrogen (secondary N) is 1. The number of methoxy groups -OCH3 is 2. The summed E-state index contributed by atoms with van der Waals surface area (Å²) in [6.45, 7) is 2.67. The van der Waals surface area contributed by atoms with Crippen molar-refractivity contribution in [2.24, 2.45) is 5.10 Å². The first kappa shape index (κ1) is 21.0. The number of carbonyl (C=O) groups is 2. The predicted molar refractivity (Wildman–Crippen MR) is 106 cm³/mol. The molecule has 2 aromatic rings. The lowest BCUT2D eigenvalue weighted by molar-refractivity contribution is 0.0600. The maximum atomic E-state index is 12.3. The molecular weight excluding hydrogens is 360 g/mol. The van der Waals surface area contributed by atoms with Gasteiger partial charge in [0, 0.05) is 11.1 Å². The molecule has 0 aliphatic heterocycles. The van der Waals surface area contributed by atoms with Crippen molar-refractivity contribution in [3.8, 4) is 11.5 Å². The Morgan fingerprint density at radius 1 is 1.11 bits per heavy atom. The normalized spacial score (nSPS) is 10.5. The maximum Gasteiger partial charge on any atom is 0.338 e. The van der Waals surface area contributed by atoms with E-state index in [0.717, 1.165) is 12.8 Å². The zero-order valence-electron chi connectivity index (χ0n) is 16.2. The van der Waals surface area contributed by atoms with Crippen molar-refractivity contribution >= 4 is 18.1 Å². The fourth-order valence-corrected chi connectivity index (χ4v) is 2.38. The first-order chi connectivity index (χ1) is 13.6. The molecule has 0 saturated carbocycles. The molecule has 0 saturated heterocycles. The van der Waals surface area contributed by atoms with Crippen LogP contribution in [0.4, 0.5) is 0 Å². The molecule has 1 amide bonds. The summed E-state index contributed by atoms with van der Waals surface area (Å²) in [6, 6.07) is 11.7. The Bertz CT molecular complexity index is 848. The minimum atomic E-state index is -0.475. The summed E-state index contributed by atoms with van der Waals surface area (Å²) in [5.74, 6) is 0.175. The van der Waals surface area contributed by atoms with Gasteiger partial charge in [0.2, 0.25) is 0 Å². The van der Waals surface area contributed by atoms with Crippen molar-refractivity contribution in [1.29, 1.82) is 0 Å². The van der Waals surface area contributed by atoms with Crippen molar-refractivity contribution in [3.63, 3.8) is 0 Å². The Kier molecular flexibility index (Phi) is 8.02. The van der Waals surface area contributed by atoms with Gasteiger partial charge in [0.05, 0.1) is 32.6 Å². The summed E-state index contributed by atoms with van der Waals surface area (Å²) in [4.78, 5) is 24.1. The quantitative estimate of drug-likeness (QED) is 0.310. The number of rotatable bonds is 9. The van der Waals surface area contributed by atoms with Crippen LogP contribution in [0.5, 0.6) is 11.5 Å². The van der Waals surface area contributed by atoms with Crippen molar-refractivity contribution in [2.75, 3.05) is 20.8 Å². The summed E-state index contributed by atoms with van der Waals surface area (Å²) in [6.07, 6.45) is 3.36. The average Bonchev–Trinajstić information content (AvgIpc) is 2.73. The molecule has 0 atom stereocenters. The topological polar surface area (TPSA) is 86.2 Å². The highest BCUT2D eigenvalue weighted by atomic mass is 16.5. The zero-order chi connectivity index (χ0) is 20.4. The van der Waals surface area contributed by atoms with Gasteiger partial charge in [-0.2, -0.15) is 5.10 Å². The van der Waals surface area contributed by atoms with Crippen LogP contribution in [0.2, 0.25) is 0 Å². The van der Waals surface area contributed by atoms with Crippen LogP contribution in [-0.4, -0.2) is 38.9 Å². The third-order valence-corrected chi connectivity index (χ3v) is 3.92. The Morgan fingerprint density at radius 2 is 1.89 bits per heavy atom. The first-order valence-corrected chi connectivity index (χ1v) is 8.92. The second kappa shape index (κ2) is 10.7. The molecule has 0 aliphatic carbocycles. The molecule has 0 fully saturated rings. The molecule has 28 heavy (non-hydrogen) atoms. The van der Waals surface area contributed by atoms with Crippen LogP contribution in [0.15, 0.2) is 47.6 Å². The molecular formula is C21H24N2O5. The summed E-state index contributed by atoms with van der Waals surface area (Å²) < 4.78 is 15.7. The van der Waals surface area contributed by atoms with Gasteiger partial charge in [0.25, 0.3) is 5.91 Å². The smallest absolute Gasteiger partial charge is 0.338 e. The van der Waals surface area contributed by atoms with Crippen molar-refractivity contribution in [2.45, 2.75) is 19.8 Å². The second-order valence-electron chi connectivity index (χ2n) is 5.85. The fourth-order valence-electron chi connectivity index (χ4n) is 2.38. The molecule has 7 heteroatoms. The molecule has 0 heterocycles. The number of nitrogens with zero attached hydrogens (tertiary/aromatic N) is 1. The van der Waals surface area contributed by atoms with Gasteiger partial charge >= 0.3 is 5.97 Å². The van der Waals surface area contributed by atoms with Crippen molar-refractivity contribution in [1.82, 2.24) is 5.43 Å². The number of carbonyl (C=O) groups excluding carboxylic acids is 2. The van der Waals surface area contributed by atoms with E-state index in [-0.39, 0.29) is 0 Å². The number of hydrogen-bond donors (Lipinski definition) is 1. The first-order valence-electron chi connectivity index (χ1n) is 8.92. The number of esters is 1. The summed E-state index contributed by atoms with van der Waals surface area (Å²) in [5, 5.41) is 3.93. The van der Waals surface area contributed by atoms with Crippen LogP contribution >= 0.6 is 0 Å². The zero-order valence-corrected chi connectivity index (χ0v) is 16.2. The van der Waals surface area contributed by atoms with E-state index < -0.39 is 11.9 Å². The van der Waals surface area contributed by atoms with E-state index >= 15 is 0 Å². The van der Waals surface area contributed by atoms with E-state index in [1.165, 1.54) is 20.4 Å². The van der Waals surface area contributed by atoms with Crippen LogP contribution in [0.3, 0.4) is 0 Å². The minimum Gasteiger partial charge on any atom is -0.493 e. The highest BCUT2D eigenvalue weighted by Crippen LogP contribution is 2.28. The Morgan fingerprint density at radius 3 is 2.61 bits per heavy atom. The lowest BCUT2D eigenvalue weighted by Crippen LogP contribution is -2.18. The lowest BCUT2D eigenvalue weighted by Gasteiger charge is -2.11. The average molecular weight is 384 g/mol. The SMILES string of the molecule is CCCCOc1ccc(C(=O)N/N=C\c2ccccc2C(=O)OC)cc1OC. The number of hydrogen-bond acceptors (Lipinski definition) is 6. The van der Waals surface area contributed by atoms with E-state index in [0.29, 0.717) is 34.8 Å². The van der Waals surface area contributed by atoms with E-state index in [9.17, 15) is 9.59 Å². The number of ether oxygens (including phenoxy) is 3. The molecule has 0 bridgehead atoms. The molecule has 2 rings (SSSR count). The molecule has 1 N–H and O–H groups in total. The Labute approximate surface area is 164 Å². The fraction of sp³-hybridized carbons (Fsp3) is 0.286. The number of amides is 1. The van der Waals surface area contributed by atoms with E-state index in [1.54, 1.807) is 42.5 Å². The number of hydrazone groups is 1.